The van der Waals surface area contributed by atoms with Crippen molar-refractivity contribution in [3.63, 3.8) is 0 Å². The Morgan fingerprint density at radius 2 is 2.03 bits per heavy atom. The van der Waals surface area contributed by atoms with E-state index in [1.807, 2.05) is 31.3 Å². The molecule has 1 fully saturated rings. The molecule has 1 aromatic heterocycles. The van der Waals surface area contributed by atoms with Crippen LogP contribution in [0.2, 0.25) is 0 Å². The van der Waals surface area contributed by atoms with Crippen LogP contribution < -0.4 is 16.0 Å². The van der Waals surface area contributed by atoms with E-state index in [1.165, 1.54) is 0 Å². The topological polar surface area (TPSA) is 105 Å². The number of hydrogen-bond acceptors (Lipinski definition) is 5. The third kappa shape index (κ3) is 3.96. The number of para-hydroxylation sites is 1. The standard InChI is InChI=1S/C26H30N6O2/c1-16-12-19(13-20-15-27-31-24(16)20)14-23(17(2)33)28-18(3)32-10-8-26(9-11-32)21-6-4-5-7-22(21)29-25(34)30-26/h4-7,12-13,15,23,28,33H,2-3,8-11,14H2,1H3,(H,27,31)(H2,29,30,34). The first-order valence-electron chi connectivity index (χ1n) is 11.5. The smallest absolute Gasteiger partial charge is 0.319 e. The number of nitrogens with one attached hydrogen (secondary N) is 4. The molecule has 0 radical (unpaired) electrons. The molecule has 1 spiro atoms. The Hall–Kier alpha value is -3.94. The largest absolute Gasteiger partial charge is 0.511 e. The maximum atomic E-state index is 12.3. The molecule has 1 saturated heterocycles. The fraction of sp³-hybridized carbons (Fsp3) is 0.308. The summed E-state index contributed by atoms with van der Waals surface area (Å²) in [5.74, 6) is 0.809. The maximum Gasteiger partial charge on any atom is 0.319 e. The quantitative estimate of drug-likeness (QED) is 0.359. The van der Waals surface area contributed by atoms with Gasteiger partial charge >= 0.3 is 6.03 Å². The second-order valence-electron chi connectivity index (χ2n) is 9.28. The number of carbonyl (C=O) groups is 1. The lowest BCUT2D eigenvalue weighted by atomic mass is 9.79. The number of nitrogens with zero attached hydrogens (tertiary/aromatic N) is 2. The number of amides is 2. The number of aryl methyl sites for hydroxylation is 1. The lowest BCUT2D eigenvalue weighted by molar-refractivity contribution is 0.154. The van der Waals surface area contributed by atoms with E-state index in [-0.39, 0.29) is 23.4 Å². The van der Waals surface area contributed by atoms with E-state index >= 15 is 0 Å². The molecule has 1 unspecified atom stereocenters. The molecule has 2 amide bonds. The van der Waals surface area contributed by atoms with Crippen molar-refractivity contribution < 1.29 is 9.90 Å². The molecule has 2 aliphatic heterocycles. The number of aromatic nitrogens is 2. The molecular weight excluding hydrogens is 428 g/mol. The van der Waals surface area contributed by atoms with Crippen molar-refractivity contribution in [2.75, 3.05) is 18.4 Å². The van der Waals surface area contributed by atoms with Crippen LogP contribution in [0.3, 0.4) is 0 Å². The number of H-pyrrole nitrogens is 1. The Morgan fingerprint density at radius 3 is 2.79 bits per heavy atom. The van der Waals surface area contributed by atoms with Gasteiger partial charge in [-0.15, -0.1) is 0 Å². The number of aliphatic hydroxyl groups excluding tert-OH is 1. The lowest BCUT2D eigenvalue weighted by Crippen LogP contribution is -2.57. The minimum atomic E-state index is -0.382. The number of rotatable bonds is 6. The van der Waals surface area contributed by atoms with E-state index in [9.17, 15) is 9.90 Å². The summed E-state index contributed by atoms with van der Waals surface area (Å²) in [4.78, 5) is 14.5. The van der Waals surface area contributed by atoms with Crippen LogP contribution >= 0.6 is 0 Å². The van der Waals surface area contributed by atoms with Crippen molar-refractivity contribution in [3.05, 3.63) is 84.0 Å². The van der Waals surface area contributed by atoms with E-state index in [4.69, 9.17) is 0 Å². The van der Waals surface area contributed by atoms with E-state index < -0.39 is 0 Å². The fourth-order valence-electron chi connectivity index (χ4n) is 5.21. The summed E-state index contributed by atoms with van der Waals surface area (Å²) in [5, 5.41) is 27.9. The molecule has 2 aliphatic rings. The minimum absolute atomic E-state index is 0.0686. The number of urea groups is 1. The molecule has 1 atom stereocenters. The van der Waals surface area contributed by atoms with Crippen LogP contribution in [0.5, 0.6) is 0 Å². The van der Waals surface area contributed by atoms with Gasteiger partial charge in [0.2, 0.25) is 0 Å². The average Bonchev–Trinajstić information content (AvgIpc) is 3.28. The zero-order valence-electron chi connectivity index (χ0n) is 19.3. The number of benzene rings is 2. The van der Waals surface area contributed by atoms with Crippen molar-refractivity contribution in [1.82, 2.24) is 25.7 Å². The van der Waals surface area contributed by atoms with Gasteiger partial charge in [-0.1, -0.05) is 37.4 Å². The zero-order valence-corrected chi connectivity index (χ0v) is 19.3. The predicted molar refractivity (Wildman–Crippen MR) is 133 cm³/mol. The molecule has 0 aliphatic carbocycles. The third-order valence-corrected chi connectivity index (χ3v) is 7.03. The molecule has 0 bridgehead atoms. The number of hydrogen-bond donors (Lipinski definition) is 5. The lowest BCUT2D eigenvalue weighted by Gasteiger charge is -2.46. The van der Waals surface area contributed by atoms with Crippen molar-refractivity contribution in [3.8, 4) is 0 Å². The zero-order chi connectivity index (χ0) is 23.9. The number of piperidine rings is 1. The van der Waals surface area contributed by atoms with Gasteiger partial charge < -0.3 is 26.0 Å². The third-order valence-electron chi connectivity index (χ3n) is 7.03. The van der Waals surface area contributed by atoms with Crippen LogP contribution in [-0.2, 0) is 12.0 Å². The Labute approximate surface area is 198 Å². The second kappa shape index (κ2) is 8.44. The summed E-state index contributed by atoms with van der Waals surface area (Å²) >= 11 is 0. The van der Waals surface area contributed by atoms with Gasteiger partial charge in [0.05, 0.1) is 29.1 Å². The highest BCUT2D eigenvalue weighted by Gasteiger charge is 2.42. The summed E-state index contributed by atoms with van der Waals surface area (Å²) in [6.45, 7) is 11.5. The molecule has 5 N–H and O–H groups in total. The van der Waals surface area contributed by atoms with Crippen molar-refractivity contribution in [2.45, 2.75) is 37.8 Å². The van der Waals surface area contributed by atoms with Crippen LogP contribution in [-0.4, -0.2) is 45.4 Å². The van der Waals surface area contributed by atoms with E-state index in [1.54, 1.807) is 0 Å². The molecule has 5 rings (SSSR count). The van der Waals surface area contributed by atoms with Crippen LogP contribution in [0.4, 0.5) is 10.5 Å². The second-order valence-corrected chi connectivity index (χ2v) is 9.28. The van der Waals surface area contributed by atoms with Crippen LogP contribution in [0.15, 0.2) is 67.3 Å². The normalized spacial score (nSPS) is 17.6. The van der Waals surface area contributed by atoms with Crippen LogP contribution in [0, 0.1) is 6.92 Å². The van der Waals surface area contributed by atoms with Crippen molar-refractivity contribution in [2.24, 2.45) is 0 Å². The first kappa shape index (κ1) is 21.9. The predicted octanol–water partition coefficient (Wildman–Crippen LogP) is 4.04. The molecule has 176 valence electrons. The fourth-order valence-corrected chi connectivity index (χ4v) is 5.21. The van der Waals surface area contributed by atoms with Crippen molar-refractivity contribution in [1.29, 1.82) is 0 Å². The van der Waals surface area contributed by atoms with Gasteiger partial charge in [0.1, 0.15) is 5.76 Å². The summed E-state index contributed by atoms with van der Waals surface area (Å²) in [5.41, 5.74) is 4.83. The Balaban J connectivity index is 1.27. The van der Waals surface area contributed by atoms with Gasteiger partial charge in [-0.2, -0.15) is 5.10 Å². The average molecular weight is 459 g/mol. The Morgan fingerprint density at radius 1 is 1.26 bits per heavy atom. The van der Waals surface area contributed by atoms with Gasteiger partial charge in [0.25, 0.3) is 0 Å². The van der Waals surface area contributed by atoms with E-state index in [0.717, 1.165) is 65.0 Å². The number of carbonyl (C=O) groups excluding carboxylic acids is 1. The first-order valence-corrected chi connectivity index (χ1v) is 11.5. The summed E-state index contributed by atoms with van der Waals surface area (Å²) in [6.07, 6.45) is 3.91. The monoisotopic (exact) mass is 458 g/mol. The van der Waals surface area contributed by atoms with Crippen LogP contribution in [0.25, 0.3) is 10.9 Å². The van der Waals surface area contributed by atoms with Crippen LogP contribution in [0.1, 0.15) is 29.5 Å². The van der Waals surface area contributed by atoms with E-state index in [0.29, 0.717) is 6.42 Å². The summed E-state index contributed by atoms with van der Waals surface area (Å²) in [7, 11) is 0. The molecule has 8 heteroatoms. The molecule has 0 saturated carbocycles. The SMILES string of the molecule is C=C(O)C(Cc1cc(C)c2[nH]ncc2c1)NC(=C)N1CCC2(CC1)NC(=O)Nc1ccccc12. The molecular formula is C26H30N6O2. The highest BCUT2D eigenvalue weighted by Crippen LogP contribution is 2.40. The Bertz CT molecular complexity index is 1270. The summed E-state index contributed by atoms with van der Waals surface area (Å²) in [6, 6.07) is 11.6. The maximum absolute atomic E-state index is 12.3. The molecule has 3 heterocycles. The number of anilines is 1. The van der Waals surface area contributed by atoms with Gasteiger partial charge in [-0.3, -0.25) is 5.10 Å². The first-order chi connectivity index (χ1) is 16.3. The van der Waals surface area contributed by atoms with Gasteiger partial charge in [0, 0.05) is 29.7 Å². The molecule has 2 aromatic carbocycles. The van der Waals surface area contributed by atoms with Gasteiger partial charge in [0.15, 0.2) is 0 Å². The number of likely N-dealkylation sites (tertiary alicyclic amines) is 1. The molecule has 34 heavy (non-hydrogen) atoms. The highest BCUT2D eigenvalue weighted by atomic mass is 16.3. The Kier molecular flexibility index (Phi) is 5.43. The van der Waals surface area contributed by atoms with Gasteiger partial charge in [-0.05, 0) is 49.4 Å². The molecule has 8 nitrogen and oxygen atoms in total. The number of aliphatic hydroxyl groups is 1. The van der Waals surface area contributed by atoms with Crippen molar-refractivity contribution >= 4 is 22.6 Å². The van der Waals surface area contributed by atoms with Gasteiger partial charge in [-0.25, -0.2) is 4.79 Å². The minimum Gasteiger partial charge on any atom is -0.511 e. The molecule has 3 aromatic rings. The number of aromatic amines is 1. The number of fused-ring (bicyclic) bond motifs is 3. The van der Waals surface area contributed by atoms with E-state index in [2.05, 4.69) is 62.4 Å². The summed E-state index contributed by atoms with van der Waals surface area (Å²) < 4.78 is 0. The highest BCUT2D eigenvalue weighted by molar-refractivity contribution is 5.93.